The minimum Gasteiger partial charge on any atom is -0.480 e. The van der Waals surface area contributed by atoms with Gasteiger partial charge in [0.15, 0.2) is 0 Å². The van der Waals surface area contributed by atoms with Gasteiger partial charge in [-0.05, 0) is 24.1 Å². The predicted molar refractivity (Wildman–Crippen MR) is 82.6 cm³/mol. The summed E-state index contributed by atoms with van der Waals surface area (Å²) in [6.45, 7) is 3.44. The molecular weight excluding hydrogens is 306 g/mol. The van der Waals surface area contributed by atoms with Crippen LogP contribution in [0.3, 0.4) is 0 Å². The van der Waals surface area contributed by atoms with Crippen LogP contribution in [0, 0.1) is 0 Å². The van der Waals surface area contributed by atoms with Crippen LogP contribution in [0.5, 0.6) is 0 Å². The number of aromatic nitrogens is 2. The van der Waals surface area contributed by atoms with Crippen LogP contribution in [-0.4, -0.2) is 33.3 Å². The SMILES string of the molecule is CC(C)c1c(C(=O)NCC(=O)O)cnn1-c1cccc(Cl)c1. The lowest BCUT2D eigenvalue weighted by atomic mass is 10.1. The summed E-state index contributed by atoms with van der Waals surface area (Å²) in [4.78, 5) is 22.7. The zero-order valence-corrected chi connectivity index (χ0v) is 13.0. The summed E-state index contributed by atoms with van der Waals surface area (Å²) in [6, 6.07) is 7.14. The number of rotatable bonds is 5. The van der Waals surface area contributed by atoms with Crippen molar-refractivity contribution < 1.29 is 14.7 Å². The van der Waals surface area contributed by atoms with Crippen molar-refractivity contribution in [2.75, 3.05) is 6.54 Å². The number of aliphatic carboxylic acids is 1. The summed E-state index contributed by atoms with van der Waals surface area (Å²) in [7, 11) is 0. The van der Waals surface area contributed by atoms with E-state index in [4.69, 9.17) is 16.7 Å². The van der Waals surface area contributed by atoms with Crippen molar-refractivity contribution >= 4 is 23.5 Å². The largest absolute Gasteiger partial charge is 0.480 e. The molecule has 1 aromatic heterocycles. The topological polar surface area (TPSA) is 84.2 Å². The molecule has 0 spiro atoms. The third-order valence-corrected chi connectivity index (χ3v) is 3.29. The molecule has 0 fully saturated rings. The molecule has 0 bridgehead atoms. The Morgan fingerprint density at radius 3 is 2.73 bits per heavy atom. The summed E-state index contributed by atoms with van der Waals surface area (Å²) in [5, 5.41) is 15.8. The van der Waals surface area contributed by atoms with Crippen molar-refractivity contribution in [1.82, 2.24) is 15.1 Å². The fraction of sp³-hybridized carbons (Fsp3) is 0.267. The van der Waals surface area contributed by atoms with E-state index in [2.05, 4.69) is 10.4 Å². The normalized spacial score (nSPS) is 10.7. The van der Waals surface area contributed by atoms with Gasteiger partial charge in [-0.1, -0.05) is 31.5 Å². The van der Waals surface area contributed by atoms with Crippen LogP contribution >= 0.6 is 11.6 Å². The van der Waals surface area contributed by atoms with Gasteiger partial charge in [-0.2, -0.15) is 5.10 Å². The lowest BCUT2D eigenvalue weighted by Crippen LogP contribution is -2.30. The Bertz CT molecular complexity index is 710. The molecule has 0 radical (unpaired) electrons. The molecule has 7 heteroatoms. The molecule has 2 N–H and O–H groups in total. The highest BCUT2D eigenvalue weighted by Crippen LogP contribution is 2.24. The third-order valence-electron chi connectivity index (χ3n) is 3.05. The van der Waals surface area contributed by atoms with Gasteiger partial charge in [0.25, 0.3) is 5.91 Å². The van der Waals surface area contributed by atoms with E-state index in [1.54, 1.807) is 22.9 Å². The summed E-state index contributed by atoms with van der Waals surface area (Å²) in [5.74, 6) is -1.53. The number of nitrogens with zero attached hydrogens (tertiary/aromatic N) is 2. The van der Waals surface area contributed by atoms with Crippen molar-refractivity contribution in [2.24, 2.45) is 0 Å². The first-order chi connectivity index (χ1) is 10.4. The first-order valence-corrected chi connectivity index (χ1v) is 7.11. The highest BCUT2D eigenvalue weighted by Gasteiger charge is 2.21. The first-order valence-electron chi connectivity index (χ1n) is 6.74. The number of carboxylic acids is 1. The number of carbonyl (C=O) groups is 2. The quantitative estimate of drug-likeness (QED) is 0.886. The predicted octanol–water partition coefficient (Wildman–Crippen LogP) is 2.46. The molecule has 0 aliphatic rings. The van der Waals surface area contributed by atoms with Crippen LogP contribution in [0.15, 0.2) is 30.5 Å². The van der Waals surface area contributed by atoms with Crippen LogP contribution in [0.25, 0.3) is 5.69 Å². The Labute approximate surface area is 132 Å². The Kier molecular flexibility index (Phi) is 4.82. The molecule has 1 aromatic carbocycles. The molecule has 6 nitrogen and oxygen atoms in total. The highest BCUT2D eigenvalue weighted by atomic mass is 35.5. The average molecular weight is 322 g/mol. The summed E-state index contributed by atoms with van der Waals surface area (Å²) < 4.78 is 1.65. The Morgan fingerprint density at radius 2 is 2.14 bits per heavy atom. The lowest BCUT2D eigenvalue weighted by molar-refractivity contribution is -0.135. The number of halogens is 1. The molecule has 22 heavy (non-hydrogen) atoms. The maximum Gasteiger partial charge on any atom is 0.322 e. The second-order valence-electron chi connectivity index (χ2n) is 5.07. The van der Waals surface area contributed by atoms with Gasteiger partial charge in [0, 0.05) is 5.02 Å². The van der Waals surface area contributed by atoms with E-state index in [1.165, 1.54) is 6.20 Å². The van der Waals surface area contributed by atoms with Crippen LogP contribution in [0.2, 0.25) is 5.02 Å². The summed E-state index contributed by atoms with van der Waals surface area (Å²) in [5.41, 5.74) is 1.80. The zero-order chi connectivity index (χ0) is 16.3. The van der Waals surface area contributed by atoms with E-state index < -0.39 is 18.4 Å². The fourth-order valence-electron chi connectivity index (χ4n) is 2.15. The number of hydrogen-bond donors (Lipinski definition) is 2. The Hall–Kier alpha value is -2.34. The van der Waals surface area contributed by atoms with Gasteiger partial charge in [0.2, 0.25) is 0 Å². The van der Waals surface area contributed by atoms with E-state index in [9.17, 15) is 9.59 Å². The number of hydrogen-bond acceptors (Lipinski definition) is 3. The molecule has 1 heterocycles. The Balaban J connectivity index is 2.41. The average Bonchev–Trinajstić information content (AvgIpc) is 2.89. The van der Waals surface area contributed by atoms with E-state index in [0.717, 1.165) is 5.69 Å². The van der Waals surface area contributed by atoms with E-state index in [0.29, 0.717) is 16.3 Å². The van der Waals surface area contributed by atoms with Gasteiger partial charge in [0.05, 0.1) is 23.1 Å². The van der Waals surface area contributed by atoms with Crippen LogP contribution < -0.4 is 5.32 Å². The first kappa shape index (κ1) is 16.0. The molecule has 0 saturated heterocycles. The molecule has 0 aliphatic heterocycles. The van der Waals surface area contributed by atoms with Crippen molar-refractivity contribution in [2.45, 2.75) is 19.8 Å². The highest BCUT2D eigenvalue weighted by molar-refractivity contribution is 6.30. The number of amides is 1. The van der Waals surface area contributed by atoms with Gasteiger partial charge < -0.3 is 10.4 Å². The van der Waals surface area contributed by atoms with Crippen molar-refractivity contribution in [3.63, 3.8) is 0 Å². The van der Waals surface area contributed by atoms with E-state index in [-0.39, 0.29) is 5.92 Å². The van der Waals surface area contributed by atoms with Gasteiger partial charge in [-0.15, -0.1) is 0 Å². The molecule has 2 aromatic rings. The minimum absolute atomic E-state index is 0.0204. The maximum atomic E-state index is 12.1. The standard InChI is InChI=1S/C15H16ClN3O3/c1-9(2)14-12(15(22)17-8-13(20)21)7-18-19(14)11-5-3-4-10(16)6-11/h3-7,9H,8H2,1-2H3,(H,17,22)(H,20,21). The van der Waals surface area contributed by atoms with Crippen molar-refractivity contribution in [3.8, 4) is 5.69 Å². The molecule has 0 aliphatic carbocycles. The van der Waals surface area contributed by atoms with E-state index >= 15 is 0 Å². The fourth-order valence-corrected chi connectivity index (χ4v) is 2.34. The number of benzene rings is 1. The second kappa shape index (κ2) is 6.62. The van der Waals surface area contributed by atoms with Crippen molar-refractivity contribution in [3.05, 3.63) is 46.7 Å². The summed E-state index contributed by atoms with van der Waals surface area (Å²) in [6.07, 6.45) is 1.44. The number of carboxylic acid groups (broad SMARTS) is 1. The van der Waals surface area contributed by atoms with Gasteiger partial charge in [-0.25, -0.2) is 4.68 Å². The van der Waals surface area contributed by atoms with Gasteiger partial charge in [-0.3, -0.25) is 9.59 Å². The van der Waals surface area contributed by atoms with Crippen LogP contribution in [-0.2, 0) is 4.79 Å². The number of nitrogens with one attached hydrogen (secondary N) is 1. The van der Waals surface area contributed by atoms with Gasteiger partial charge in [0.1, 0.15) is 6.54 Å². The maximum absolute atomic E-state index is 12.1. The van der Waals surface area contributed by atoms with E-state index in [1.807, 2.05) is 19.9 Å². The van der Waals surface area contributed by atoms with Crippen LogP contribution in [0.4, 0.5) is 0 Å². The molecular formula is C15H16ClN3O3. The summed E-state index contributed by atoms with van der Waals surface area (Å²) >= 11 is 5.99. The second-order valence-corrected chi connectivity index (χ2v) is 5.50. The molecule has 0 atom stereocenters. The van der Waals surface area contributed by atoms with Crippen molar-refractivity contribution in [1.29, 1.82) is 0 Å². The monoisotopic (exact) mass is 321 g/mol. The molecule has 2 rings (SSSR count). The Morgan fingerprint density at radius 1 is 1.41 bits per heavy atom. The number of carbonyl (C=O) groups excluding carboxylic acids is 1. The molecule has 0 unspecified atom stereocenters. The third kappa shape index (κ3) is 3.46. The minimum atomic E-state index is -1.10. The molecule has 1 amide bonds. The molecule has 0 saturated carbocycles. The smallest absolute Gasteiger partial charge is 0.322 e. The molecule has 116 valence electrons. The zero-order valence-electron chi connectivity index (χ0n) is 12.2. The van der Waals surface area contributed by atoms with Gasteiger partial charge >= 0.3 is 5.97 Å². The lowest BCUT2D eigenvalue weighted by Gasteiger charge is -2.13. The van der Waals surface area contributed by atoms with Crippen LogP contribution in [0.1, 0.15) is 35.8 Å².